The molecule has 236 valence electrons. The van der Waals surface area contributed by atoms with Crippen molar-refractivity contribution < 1.29 is 22.7 Å². The maximum atomic E-state index is 14.2. The molecule has 1 aliphatic carbocycles. The second-order valence-corrected chi connectivity index (χ2v) is 13.7. The van der Waals surface area contributed by atoms with E-state index in [1.54, 1.807) is 55.5 Å². The largest absolute Gasteiger partial charge is 0.492 e. The molecule has 1 aliphatic rings. The molecule has 1 saturated carbocycles. The van der Waals surface area contributed by atoms with Crippen LogP contribution in [0.1, 0.15) is 51.5 Å². The highest BCUT2D eigenvalue weighted by Crippen LogP contribution is 2.33. The molecular weight excluding hydrogens is 595 g/mol. The Morgan fingerprint density at radius 2 is 1.61 bits per heavy atom. The maximum absolute atomic E-state index is 14.2. The summed E-state index contributed by atoms with van der Waals surface area (Å²) in [6.07, 6.45) is 7.59. The molecule has 8 nitrogen and oxygen atoms in total. The van der Waals surface area contributed by atoms with Gasteiger partial charge in [0.2, 0.25) is 11.8 Å². The first kappa shape index (κ1) is 33.4. The second kappa shape index (κ2) is 16.0. The standard InChI is InChI=1S/C34H43N3O5S2/c1-4-42-32-18-12-11-17-31(32)37(44(40,41)30-21-19-29(43-3)20-22-30)25-33(38)36(24-23-27-13-7-5-8-14-27)26(2)34(39)35-28-15-9-6-10-16-28/h5,7-8,11-14,17-22,26,28H,4,6,9-10,15-16,23-25H2,1-3H3,(H,35,39). The van der Waals surface area contributed by atoms with Crippen LogP contribution in [0, 0.1) is 0 Å². The zero-order valence-electron chi connectivity index (χ0n) is 25.8. The van der Waals surface area contributed by atoms with Crippen LogP contribution in [-0.4, -0.2) is 63.2 Å². The number of hydrogen-bond acceptors (Lipinski definition) is 6. The van der Waals surface area contributed by atoms with E-state index in [2.05, 4.69) is 5.32 Å². The van der Waals surface area contributed by atoms with Gasteiger partial charge in [0, 0.05) is 17.5 Å². The molecule has 0 spiro atoms. The average molecular weight is 638 g/mol. The normalized spacial score (nSPS) is 14.4. The number of ether oxygens (including phenoxy) is 1. The molecule has 4 rings (SSSR count). The molecule has 1 fully saturated rings. The van der Waals surface area contributed by atoms with Crippen LogP contribution in [0.5, 0.6) is 5.75 Å². The minimum absolute atomic E-state index is 0.0633. The number of carbonyl (C=O) groups excluding carboxylic acids is 2. The first-order chi connectivity index (χ1) is 21.2. The number of para-hydroxylation sites is 2. The number of nitrogens with zero attached hydrogens (tertiary/aromatic N) is 2. The van der Waals surface area contributed by atoms with Gasteiger partial charge in [0.1, 0.15) is 18.3 Å². The third-order valence-corrected chi connectivity index (χ3v) is 10.5. The van der Waals surface area contributed by atoms with Crippen LogP contribution in [0.3, 0.4) is 0 Å². The fourth-order valence-corrected chi connectivity index (χ4v) is 7.30. The van der Waals surface area contributed by atoms with Gasteiger partial charge in [-0.25, -0.2) is 8.42 Å². The van der Waals surface area contributed by atoms with Crippen LogP contribution in [-0.2, 0) is 26.0 Å². The number of anilines is 1. The van der Waals surface area contributed by atoms with Crippen molar-refractivity contribution in [3.63, 3.8) is 0 Å². The Bertz CT molecular complexity index is 1480. The molecule has 1 N–H and O–H groups in total. The lowest BCUT2D eigenvalue weighted by Gasteiger charge is -2.33. The number of nitrogens with one attached hydrogen (secondary N) is 1. The average Bonchev–Trinajstić information content (AvgIpc) is 3.05. The molecule has 0 aromatic heterocycles. The molecule has 2 amide bonds. The molecule has 1 unspecified atom stereocenters. The van der Waals surface area contributed by atoms with Crippen LogP contribution < -0.4 is 14.4 Å². The molecule has 44 heavy (non-hydrogen) atoms. The van der Waals surface area contributed by atoms with E-state index in [0.717, 1.165) is 46.9 Å². The summed E-state index contributed by atoms with van der Waals surface area (Å²) in [4.78, 5) is 30.2. The fraction of sp³-hybridized carbons (Fsp3) is 0.412. The SMILES string of the molecule is CCOc1ccccc1N(CC(=O)N(CCc1ccccc1)C(C)C(=O)NC1CCCCC1)S(=O)(=O)c1ccc(SC)cc1. The number of carbonyl (C=O) groups is 2. The van der Waals surface area contributed by atoms with Gasteiger partial charge in [0.15, 0.2) is 0 Å². The highest BCUT2D eigenvalue weighted by atomic mass is 32.2. The van der Waals surface area contributed by atoms with Gasteiger partial charge >= 0.3 is 0 Å². The van der Waals surface area contributed by atoms with E-state index in [1.807, 2.05) is 43.5 Å². The van der Waals surface area contributed by atoms with Crippen molar-refractivity contribution in [2.75, 3.05) is 30.3 Å². The van der Waals surface area contributed by atoms with Crippen molar-refractivity contribution in [2.45, 2.75) is 74.2 Å². The molecule has 3 aromatic rings. The fourth-order valence-electron chi connectivity index (χ4n) is 5.47. The van der Waals surface area contributed by atoms with Crippen molar-refractivity contribution in [2.24, 2.45) is 0 Å². The Kier molecular flexibility index (Phi) is 12.1. The number of rotatable bonds is 14. The van der Waals surface area contributed by atoms with E-state index in [9.17, 15) is 18.0 Å². The highest BCUT2D eigenvalue weighted by molar-refractivity contribution is 7.98. The molecule has 0 bridgehead atoms. The van der Waals surface area contributed by atoms with E-state index in [1.165, 1.54) is 16.7 Å². The van der Waals surface area contributed by atoms with E-state index in [4.69, 9.17) is 4.74 Å². The van der Waals surface area contributed by atoms with E-state index in [0.29, 0.717) is 18.8 Å². The topological polar surface area (TPSA) is 96.0 Å². The molecular formula is C34H43N3O5S2. The summed E-state index contributed by atoms with van der Waals surface area (Å²) >= 11 is 1.51. The Labute approximate surface area is 266 Å². The highest BCUT2D eigenvalue weighted by Gasteiger charge is 2.34. The zero-order chi connectivity index (χ0) is 31.5. The van der Waals surface area contributed by atoms with Crippen molar-refractivity contribution >= 4 is 39.3 Å². The third-order valence-electron chi connectivity index (χ3n) is 7.96. The summed E-state index contributed by atoms with van der Waals surface area (Å²) in [5, 5.41) is 3.14. The zero-order valence-corrected chi connectivity index (χ0v) is 27.4. The lowest BCUT2D eigenvalue weighted by molar-refractivity contribution is -0.139. The summed E-state index contributed by atoms with van der Waals surface area (Å²) in [5.74, 6) is -0.344. The molecule has 0 heterocycles. The van der Waals surface area contributed by atoms with Crippen LogP contribution in [0.25, 0.3) is 0 Å². The van der Waals surface area contributed by atoms with Gasteiger partial charge in [-0.1, -0.05) is 61.7 Å². The van der Waals surface area contributed by atoms with Crippen LogP contribution >= 0.6 is 11.8 Å². The van der Waals surface area contributed by atoms with Gasteiger partial charge in [-0.2, -0.15) is 0 Å². The number of thioether (sulfide) groups is 1. The molecule has 0 aliphatic heterocycles. The second-order valence-electron chi connectivity index (χ2n) is 10.9. The van der Waals surface area contributed by atoms with E-state index in [-0.39, 0.29) is 29.1 Å². The van der Waals surface area contributed by atoms with Gasteiger partial charge in [0.25, 0.3) is 10.0 Å². The van der Waals surface area contributed by atoms with Gasteiger partial charge < -0.3 is 15.0 Å². The first-order valence-electron chi connectivity index (χ1n) is 15.3. The van der Waals surface area contributed by atoms with Gasteiger partial charge in [-0.3, -0.25) is 13.9 Å². The van der Waals surface area contributed by atoms with Crippen molar-refractivity contribution in [3.8, 4) is 5.75 Å². The number of hydrogen-bond donors (Lipinski definition) is 1. The first-order valence-corrected chi connectivity index (χ1v) is 17.9. The Hall–Kier alpha value is -3.50. The third kappa shape index (κ3) is 8.57. The Morgan fingerprint density at radius 1 is 0.955 bits per heavy atom. The summed E-state index contributed by atoms with van der Waals surface area (Å²) < 4.78 is 35.3. The molecule has 10 heteroatoms. The van der Waals surface area contributed by atoms with Crippen LogP contribution in [0.15, 0.2) is 88.7 Å². The smallest absolute Gasteiger partial charge is 0.264 e. The molecule has 0 saturated heterocycles. The van der Waals surface area contributed by atoms with Crippen molar-refractivity contribution in [1.29, 1.82) is 0 Å². The van der Waals surface area contributed by atoms with Crippen molar-refractivity contribution in [1.82, 2.24) is 10.2 Å². The Balaban J connectivity index is 1.68. The lowest BCUT2D eigenvalue weighted by atomic mass is 9.95. The summed E-state index contributed by atoms with van der Waals surface area (Å²) in [7, 11) is -4.19. The molecule has 0 radical (unpaired) electrons. The van der Waals surface area contributed by atoms with Crippen LogP contribution in [0.4, 0.5) is 5.69 Å². The predicted octanol–water partition coefficient (Wildman–Crippen LogP) is 5.91. The summed E-state index contributed by atoms with van der Waals surface area (Å²) in [6.45, 7) is 3.62. The van der Waals surface area contributed by atoms with Gasteiger partial charge in [-0.05, 0) is 81.3 Å². The number of sulfonamides is 1. The molecule has 1 atom stereocenters. The van der Waals surface area contributed by atoms with Crippen molar-refractivity contribution in [3.05, 3.63) is 84.4 Å². The quantitative estimate of drug-likeness (QED) is 0.221. The predicted molar refractivity (Wildman–Crippen MR) is 177 cm³/mol. The molecule has 3 aromatic carbocycles. The van der Waals surface area contributed by atoms with E-state index < -0.39 is 28.5 Å². The van der Waals surface area contributed by atoms with Crippen LogP contribution in [0.2, 0.25) is 0 Å². The maximum Gasteiger partial charge on any atom is 0.264 e. The van der Waals surface area contributed by atoms with Gasteiger partial charge in [-0.15, -0.1) is 11.8 Å². The lowest BCUT2D eigenvalue weighted by Crippen LogP contribution is -2.53. The Morgan fingerprint density at radius 3 is 2.27 bits per heavy atom. The minimum atomic E-state index is -4.19. The monoisotopic (exact) mass is 637 g/mol. The van der Waals surface area contributed by atoms with E-state index >= 15 is 0 Å². The minimum Gasteiger partial charge on any atom is -0.492 e. The summed E-state index contributed by atoms with van der Waals surface area (Å²) in [5.41, 5.74) is 1.28. The number of amides is 2. The summed E-state index contributed by atoms with van der Waals surface area (Å²) in [6, 6.07) is 22.4. The van der Waals surface area contributed by atoms with Gasteiger partial charge in [0.05, 0.1) is 17.2 Å². The number of benzene rings is 3.